The minimum atomic E-state index is -0.0474. The minimum Gasteiger partial charge on any atom is -0.509 e. The Balaban J connectivity index is 0.00000406. The van der Waals surface area contributed by atoms with E-state index in [0.717, 1.165) is 51.0 Å². The number of aromatic nitrogens is 3. The molecule has 7 heteroatoms. The molecule has 0 saturated heterocycles. The van der Waals surface area contributed by atoms with Gasteiger partial charge in [0.15, 0.2) is 0 Å². The van der Waals surface area contributed by atoms with Gasteiger partial charge in [0.25, 0.3) is 0 Å². The molecular weight excluding hydrogens is 810 g/mol. The zero-order valence-electron chi connectivity index (χ0n) is 29.7. The summed E-state index contributed by atoms with van der Waals surface area (Å²) in [7, 11) is 0. The van der Waals surface area contributed by atoms with Crippen molar-refractivity contribution in [2.45, 2.75) is 58.9 Å². The molecule has 3 heterocycles. The van der Waals surface area contributed by atoms with Crippen molar-refractivity contribution in [3.8, 4) is 17.4 Å². The number of ether oxygens (including phenoxy) is 1. The quantitative estimate of drug-likeness (QED) is 0.156. The van der Waals surface area contributed by atoms with Crippen molar-refractivity contribution in [3.63, 3.8) is 0 Å². The van der Waals surface area contributed by atoms with Crippen molar-refractivity contribution in [2.24, 2.45) is 0 Å². The van der Waals surface area contributed by atoms with E-state index in [9.17, 15) is 0 Å². The first-order valence-corrected chi connectivity index (χ1v) is 17.1. The molecule has 51 heavy (non-hydrogen) atoms. The Morgan fingerprint density at radius 1 is 0.667 bits per heavy atom. The summed E-state index contributed by atoms with van der Waals surface area (Å²) < 4.78 is 8.60. The van der Waals surface area contributed by atoms with Gasteiger partial charge in [0.05, 0.1) is 0 Å². The van der Waals surface area contributed by atoms with Gasteiger partial charge in [-0.3, -0.25) is 0 Å². The number of rotatable bonds is 6. The summed E-state index contributed by atoms with van der Waals surface area (Å²) in [6, 6.07) is 42.8. The van der Waals surface area contributed by atoms with Crippen LogP contribution in [0.4, 0.5) is 17.1 Å². The fraction of sp³-hybridized carbons (Fsp3) is 0.205. The maximum Gasteiger partial charge on any atom is 0.232 e. The Hall–Kier alpha value is -4.93. The number of para-hydroxylation sites is 2. The molecule has 0 bridgehead atoms. The van der Waals surface area contributed by atoms with Gasteiger partial charge >= 0.3 is 0 Å². The van der Waals surface area contributed by atoms with Crippen LogP contribution in [0.3, 0.4) is 0 Å². The second kappa shape index (κ2) is 13.3. The molecule has 1 aliphatic heterocycles. The predicted molar refractivity (Wildman–Crippen MR) is 203 cm³/mol. The Morgan fingerprint density at radius 3 is 2.08 bits per heavy atom. The van der Waals surface area contributed by atoms with E-state index in [1.165, 1.54) is 11.1 Å². The third-order valence-corrected chi connectivity index (χ3v) is 9.35. The first kappa shape index (κ1) is 34.5. The van der Waals surface area contributed by atoms with Gasteiger partial charge in [-0.05, 0) is 51.1 Å². The fourth-order valence-electron chi connectivity index (χ4n) is 6.51. The molecule has 0 aliphatic carbocycles. The molecule has 7 aromatic rings. The normalized spacial score (nSPS) is 13.1. The summed E-state index contributed by atoms with van der Waals surface area (Å²) in [5.41, 5.74) is 8.59. The summed E-state index contributed by atoms with van der Waals surface area (Å²) in [6.45, 7) is 16.1. The molecule has 6 nitrogen and oxygen atoms in total. The number of fused-ring (bicyclic) bond motifs is 4. The second-order valence-electron chi connectivity index (χ2n) is 15.0. The van der Waals surface area contributed by atoms with Crippen LogP contribution >= 0.6 is 0 Å². The maximum atomic E-state index is 6.51. The van der Waals surface area contributed by atoms with Gasteiger partial charge < -0.3 is 19.1 Å². The topological polar surface area (TPSA) is 46.4 Å². The first-order chi connectivity index (χ1) is 24.0. The molecule has 0 atom stereocenters. The molecule has 260 valence electrons. The van der Waals surface area contributed by atoms with Crippen molar-refractivity contribution >= 4 is 38.9 Å². The summed E-state index contributed by atoms with van der Waals surface area (Å²) in [4.78, 5) is 14.1. The zero-order chi connectivity index (χ0) is 34.6. The fourth-order valence-corrected chi connectivity index (χ4v) is 6.51. The van der Waals surface area contributed by atoms with Crippen LogP contribution in [0.2, 0.25) is 0 Å². The Kier molecular flexibility index (Phi) is 9.01. The van der Waals surface area contributed by atoms with Crippen LogP contribution in [0.15, 0.2) is 116 Å². The predicted octanol–water partition coefficient (Wildman–Crippen LogP) is 10.8. The van der Waals surface area contributed by atoms with Crippen LogP contribution in [0.5, 0.6) is 11.5 Å². The van der Waals surface area contributed by atoms with Crippen molar-refractivity contribution < 1.29 is 25.8 Å². The van der Waals surface area contributed by atoms with Crippen molar-refractivity contribution in [1.82, 2.24) is 14.5 Å². The summed E-state index contributed by atoms with van der Waals surface area (Å²) in [5, 5.41) is 2.21. The maximum absolute atomic E-state index is 6.51. The molecule has 0 spiro atoms. The second-order valence-corrected chi connectivity index (χ2v) is 15.0. The molecule has 0 radical (unpaired) electrons. The monoisotopic (exact) mass is 849 g/mol. The van der Waals surface area contributed by atoms with Crippen LogP contribution in [0.1, 0.15) is 58.2 Å². The average Bonchev–Trinajstić information content (AvgIpc) is 3.63. The van der Waals surface area contributed by atoms with Crippen LogP contribution in [0, 0.1) is 18.8 Å². The SMILES string of the molecule is CC(C)(C)c1cnc(-n2c3[c-]c(Oc4[c-]c(N5[CH-]N(Cc6ccccc6)c6ccccc65)ccc4)ccc3c3cc(C(C)(C)C)ccc32)nc1.[Pt]. The summed E-state index contributed by atoms with van der Waals surface area (Å²) >= 11 is 0. The molecule has 5 aromatic carbocycles. The third kappa shape index (κ3) is 6.66. The largest absolute Gasteiger partial charge is 0.509 e. The number of anilines is 3. The van der Waals surface area contributed by atoms with Gasteiger partial charge in [0.1, 0.15) is 0 Å². The zero-order valence-corrected chi connectivity index (χ0v) is 32.0. The van der Waals surface area contributed by atoms with E-state index in [1.54, 1.807) is 0 Å². The van der Waals surface area contributed by atoms with Crippen LogP contribution < -0.4 is 14.5 Å². The summed E-state index contributed by atoms with van der Waals surface area (Å²) in [5.74, 6) is 1.80. The van der Waals surface area contributed by atoms with Crippen molar-refractivity contribution in [2.75, 3.05) is 9.80 Å². The molecule has 1 aliphatic rings. The molecule has 0 unspecified atom stereocenters. The molecule has 8 rings (SSSR count). The van der Waals surface area contributed by atoms with Gasteiger partial charge in [-0.25, -0.2) is 9.97 Å². The van der Waals surface area contributed by atoms with Gasteiger partial charge in [-0.2, -0.15) is 18.8 Å². The number of hydrogen-bond acceptors (Lipinski definition) is 5. The van der Waals surface area contributed by atoms with E-state index in [2.05, 4.69) is 154 Å². The van der Waals surface area contributed by atoms with Crippen molar-refractivity contribution in [1.29, 1.82) is 0 Å². The standard InChI is InChI=1S/C44H40N5O.Pt/c1-43(2,3)31-19-22-38-37(23-31)36-21-20-35(25-41(36)49(38)42-45-26-32(27-46-42)44(4,5)6)50-34-16-12-15-33(24-34)48-29-47(28-30-13-8-7-9-14-30)39-17-10-11-18-40(39)48;/h7-23,26-27,29H,28H2,1-6H3;/q-3;. The van der Waals surface area contributed by atoms with Gasteiger partial charge in [0, 0.05) is 68.4 Å². The summed E-state index contributed by atoms with van der Waals surface area (Å²) in [6.07, 6.45) is 3.86. The Morgan fingerprint density at radius 2 is 1.35 bits per heavy atom. The van der Waals surface area contributed by atoms with Crippen molar-refractivity contribution in [3.05, 3.63) is 151 Å². The van der Waals surface area contributed by atoms with Crippen LogP contribution in [-0.4, -0.2) is 14.5 Å². The third-order valence-electron chi connectivity index (χ3n) is 9.35. The first-order valence-electron chi connectivity index (χ1n) is 17.1. The van der Waals surface area contributed by atoms with E-state index in [1.807, 2.05) is 36.7 Å². The molecule has 0 fully saturated rings. The minimum absolute atomic E-state index is 0. The molecule has 0 saturated carbocycles. The van der Waals surface area contributed by atoms with E-state index in [-0.39, 0.29) is 31.9 Å². The van der Waals surface area contributed by atoms with E-state index >= 15 is 0 Å². The molecule has 0 amide bonds. The smallest absolute Gasteiger partial charge is 0.232 e. The number of hydrogen-bond donors (Lipinski definition) is 0. The van der Waals surface area contributed by atoms with E-state index < -0.39 is 0 Å². The molecular formula is C44H40N5OPt-3. The van der Waals surface area contributed by atoms with Gasteiger partial charge in [-0.15, -0.1) is 41.4 Å². The van der Waals surface area contributed by atoms with E-state index in [4.69, 9.17) is 14.7 Å². The van der Waals surface area contributed by atoms with E-state index in [0.29, 0.717) is 17.4 Å². The Labute approximate surface area is 315 Å². The van der Waals surface area contributed by atoms with Gasteiger partial charge in [-0.1, -0.05) is 102 Å². The van der Waals surface area contributed by atoms with Crippen LogP contribution in [0.25, 0.3) is 27.8 Å². The number of benzene rings is 5. The molecule has 2 aromatic heterocycles. The average molecular weight is 850 g/mol. The Bertz CT molecular complexity index is 2340. The molecule has 0 N–H and O–H groups in total. The number of nitrogens with zero attached hydrogens (tertiary/aromatic N) is 5. The van der Waals surface area contributed by atoms with Crippen LogP contribution in [-0.2, 0) is 38.4 Å². The van der Waals surface area contributed by atoms with Gasteiger partial charge in [0.2, 0.25) is 5.95 Å².